The van der Waals surface area contributed by atoms with Gasteiger partial charge in [-0.1, -0.05) is 96.6 Å². The summed E-state index contributed by atoms with van der Waals surface area (Å²) in [6.45, 7) is 4.43. The third kappa shape index (κ3) is 3.29. The van der Waals surface area contributed by atoms with Gasteiger partial charge in [-0.05, 0) is 77.1 Å². The first-order chi connectivity index (χ1) is 14.2. The topological polar surface area (TPSA) is 0 Å². The van der Waals surface area contributed by atoms with E-state index in [1.165, 1.54) is 50.1 Å². The van der Waals surface area contributed by atoms with Crippen LogP contribution in [0, 0.1) is 13.8 Å². The quantitative estimate of drug-likeness (QED) is 0.340. The summed E-state index contributed by atoms with van der Waals surface area (Å²) in [6.07, 6.45) is 2.15. The number of aryl methyl sites for hydroxylation is 2. The molecule has 0 bridgehead atoms. The van der Waals surface area contributed by atoms with E-state index >= 15 is 0 Å². The van der Waals surface area contributed by atoms with E-state index in [-0.39, 0.29) is 0 Å². The van der Waals surface area contributed by atoms with Gasteiger partial charge in [0, 0.05) is 0 Å². The van der Waals surface area contributed by atoms with Crippen molar-refractivity contribution in [1.82, 2.24) is 0 Å². The molecule has 0 saturated heterocycles. The van der Waals surface area contributed by atoms with E-state index in [9.17, 15) is 0 Å². The molecule has 1 aliphatic carbocycles. The number of hydrogen-bond donors (Lipinski definition) is 0. The molecule has 29 heavy (non-hydrogen) atoms. The second-order valence-corrected chi connectivity index (χ2v) is 8.33. The lowest BCUT2D eigenvalue weighted by Crippen LogP contribution is -2.08. The number of benzene rings is 4. The molecule has 5 rings (SSSR count). The van der Waals surface area contributed by atoms with Crippen molar-refractivity contribution in [2.24, 2.45) is 0 Å². The Morgan fingerprint density at radius 3 is 1.72 bits per heavy atom. The Morgan fingerprint density at radius 2 is 1.10 bits per heavy atom. The molecule has 0 N–H and O–H groups in total. The largest absolute Gasteiger partial charge is 0.0620 e. The Labute approximate surface area is 173 Å². The van der Waals surface area contributed by atoms with Crippen molar-refractivity contribution < 1.29 is 0 Å². The predicted octanol–water partition coefficient (Wildman–Crippen LogP) is 7.52. The SMILES string of the molecule is Cc1ccc(-c2ccccc2C)c(C2Cc3ccccc3-c3ccccc3C2)c1. The Hall–Kier alpha value is -3.12. The van der Waals surface area contributed by atoms with Crippen LogP contribution in [0.2, 0.25) is 0 Å². The van der Waals surface area contributed by atoms with E-state index in [0.29, 0.717) is 5.92 Å². The molecule has 4 aromatic carbocycles. The van der Waals surface area contributed by atoms with Crippen LogP contribution >= 0.6 is 0 Å². The normalized spacial score (nSPS) is 13.4. The monoisotopic (exact) mass is 374 g/mol. The lowest BCUT2D eigenvalue weighted by atomic mass is 9.82. The van der Waals surface area contributed by atoms with Gasteiger partial charge >= 0.3 is 0 Å². The Morgan fingerprint density at radius 1 is 0.552 bits per heavy atom. The summed E-state index contributed by atoms with van der Waals surface area (Å²) in [4.78, 5) is 0. The number of hydrogen-bond acceptors (Lipinski definition) is 0. The van der Waals surface area contributed by atoms with E-state index < -0.39 is 0 Å². The van der Waals surface area contributed by atoms with Crippen molar-refractivity contribution >= 4 is 0 Å². The molecule has 0 atom stereocenters. The molecule has 0 heteroatoms. The van der Waals surface area contributed by atoms with Crippen LogP contribution in [0.1, 0.15) is 33.7 Å². The molecule has 0 spiro atoms. The molecule has 0 aliphatic heterocycles. The van der Waals surface area contributed by atoms with Crippen LogP contribution in [0.15, 0.2) is 91.0 Å². The van der Waals surface area contributed by atoms with Gasteiger partial charge in [0.25, 0.3) is 0 Å². The molecule has 0 heterocycles. The Balaban J connectivity index is 1.70. The first-order valence-corrected chi connectivity index (χ1v) is 10.5. The molecule has 0 radical (unpaired) electrons. The molecule has 0 amide bonds. The minimum atomic E-state index is 0.467. The van der Waals surface area contributed by atoms with Gasteiger partial charge in [-0.15, -0.1) is 0 Å². The molecule has 4 aromatic rings. The maximum absolute atomic E-state index is 2.42. The van der Waals surface area contributed by atoms with Crippen molar-refractivity contribution in [3.05, 3.63) is 119 Å². The van der Waals surface area contributed by atoms with Crippen molar-refractivity contribution in [2.45, 2.75) is 32.6 Å². The predicted molar refractivity (Wildman–Crippen MR) is 123 cm³/mol. The molecular weight excluding hydrogens is 348 g/mol. The number of rotatable bonds is 2. The van der Waals surface area contributed by atoms with E-state index in [2.05, 4.69) is 105 Å². The van der Waals surface area contributed by atoms with Gasteiger partial charge in [-0.25, -0.2) is 0 Å². The van der Waals surface area contributed by atoms with Crippen LogP contribution in [-0.4, -0.2) is 0 Å². The molecule has 0 unspecified atom stereocenters. The van der Waals surface area contributed by atoms with Gasteiger partial charge < -0.3 is 0 Å². The minimum absolute atomic E-state index is 0.467. The van der Waals surface area contributed by atoms with Crippen LogP contribution in [0.4, 0.5) is 0 Å². The zero-order valence-corrected chi connectivity index (χ0v) is 17.2. The van der Waals surface area contributed by atoms with Crippen LogP contribution in [0.3, 0.4) is 0 Å². The van der Waals surface area contributed by atoms with E-state index in [4.69, 9.17) is 0 Å². The first kappa shape index (κ1) is 17.9. The molecular formula is C29H26. The van der Waals surface area contributed by atoms with E-state index in [0.717, 1.165) is 12.8 Å². The van der Waals surface area contributed by atoms with E-state index in [1.54, 1.807) is 0 Å². The van der Waals surface area contributed by atoms with Crippen molar-refractivity contribution in [2.75, 3.05) is 0 Å². The van der Waals surface area contributed by atoms with Gasteiger partial charge in [0.2, 0.25) is 0 Å². The van der Waals surface area contributed by atoms with Crippen molar-refractivity contribution in [3.8, 4) is 22.3 Å². The average molecular weight is 375 g/mol. The zero-order chi connectivity index (χ0) is 19.8. The van der Waals surface area contributed by atoms with Gasteiger partial charge in [-0.2, -0.15) is 0 Å². The summed E-state index contributed by atoms with van der Waals surface area (Å²) in [5.41, 5.74) is 12.6. The van der Waals surface area contributed by atoms with E-state index in [1.807, 2.05) is 0 Å². The van der Waals surface area contributed by atoms with Gasteiger partial charge in [0.1, 0.15) is 0 Å². The summed E-state index contributed by atoms with van der Waals surface area (Å²) >= 11 is 0. The maximum Gasteiger partial charge on any atom is -0.00743 e. The highest BCUT2D eigenvalue weighted by Crippen LogP contribution is 2.41. The smallest absolute Gasteiger partial charge is 0.00743 e. The second kappa shape index (κ2) is 7.37. The standard InChI is InChI=1S/C29H26/c1-20-15-16-28(25-12-6-3-9-21(25)2)29(17-20)24-18-22-10-4-7-13-26(22)27-14-8-5-11-23(27)19-24/h3-17,24H,18-19H2,1-2H3. The fourth-order valence-electron chi connectivity index (χ4n) is 4.89. The highest BCUT2D eigenvalue weighted by Gasteiger charge is 2.24. The molecule has 0 aromatic heterocycles. The Bertz CT molecular complexity index is 1130. The molecule has 1 aliphatic rings. The van der Waals surface area contributed by atoms with Crippen LogP contribution in [0.25, 0.3) is 22.3 Å². The van der Waals surface area contributed by atoms with Gasteiger partial charge in [0.15, 0.2) is 0 Å². The first-order valence-electron chi connectivity index (χ1n) is 10.5. The molecule has 0 nitrogen and oxygen atoms in total. The zero-order valence-electron chi connectivity index (χ0n) is 17.2. The molecule has 0 fully saturated rings. The van der Waals surface area contributed by atoms with Gasteiger partial charge in [0.05, 0.1) is 0 Å². The Kier molecular flexibility index (Phi) is 4.56. The minimum Gasteiger partial charge on any atom is -0.0620 e. The summed E-state index contributed by atoms with van der Waals surface area (Å²) in [5, 5.41) is 0. The fraction of sp³-hybridized carbons (Fsp3) is 0.172. The highest BCUT2D eigenvalue weighted by molar-refractivity contribution is 5.75. The molecule has 0 saturated carbocycles. The average Bonchev–Trinajstić information content (AvgIpc) is 2.91. The maximum atomic E-state index is 2.42. The highest BCUT2D eigenvalue weighted by atomic mass is 14.3. The summed E-state index contributed by atoms with van der Waals surface area (Å²) < 4.78 is 0. The van der Waals surface area contributed by atoms with Crippen molar-refractivity contribution in [1.29, 1.82) is 0 Å². The summed E-state index contributed by atoms with van der Waals surface area (Å²) in [5.74, 6) is 0.467. The lowest BCUT2D eigenvalue weighted by Gasteiger charge is -2.22. The number of fused-ring (bicyclic) bond motifs is 3. The fourth-order valence-corrected chi connectivity index (χ4v) is 4.89. The van der Waals surface area contributed by atoms with Crippen molar-refractivity contribution in [3.63, 3.8) is 0 Å². The third-order valence-corrected chi connectivity index (χ3v) is 6.34. The van der Waals surface area contributed by atoms with Crippen LogP contribution in [-0.2, 0) is 12.8 Å². The summed E-state index contributed by atoms with van der Waals surface area (Å²) in [6, 6.07) is 33.7. The van der Waals surface area contributed by atoms with Crippen LogP contribution in [0.5, 0.6) is 0 Å². The van der Waals surface area contributed by atoms with Crippen LogP contribution < -0.4 is 0 Å². The molecule has 142 valence electrons. The third-order valence-electron chi connectivity index (χ3n) is 6.34. The van der Waals surface area contributed by atoms with Gasteiger partial charge in [-0.3, -0.25) is 0 Å². The second-order valence-electron chi connectivity index (χ2n) is 8.33. The summed E-state index contributed by atoms with van der Waals surface area (Å²) in [7, 11) is 0. The lowest BCUT2D eigenvalue weighted by molar-refractivity contribution is 0.689.